The van der Waals surface area contributed by atoms with Crippen LogP contribution in [0.5, 0.6) is 0 Å². The number of nitrogens with zero attached hydrogens (tertiary/aromatic N) is 1. The number of likely N-dealkylation sites (N-methyl/N-ethyl adjacent to an activating group) is 1. The van der Waals surface area contributed by atoms with Crippen LogP contribution < -0.4 is 0 Å². The van der Waals surface area contributed by atoms with Crippen molar-refractivity contribution in [1.29, 1.82) is 0 Å². The van der Waals surface area contributed by atoms with Crippen molar-refractivity contribution in [3.63, 3.8) is 0 Å². The van der Waals surface area contributed by atoms with Crippen LogP contribution in [0.25, 0.3) is 0 Å². The van der Waals surface area contributed by atoms with Crippen molar-refractivity contribution in [3.05, 3.63) is 0 Å². The van der Waals surface area contributed by atoms with Crippen LogP contribution >= 0.6 is 0 Å². The standard InChI is InChI=1S/C29H61NO4S/c1-4-6-7-8-9-10-11-12-13-14-15-16-17-18-19-20-21-22-23-24-25-26-30(3,5-2)27-29(31)28-35(32,33)34/h29,31H,4-28H2,1-3H3/p+1. The monoisotopic (exact) mass is 520 g/mol. The number of hydrogen-bond acceptors (Lipinski definition) is 3. The Balaban J connectivity index is 3.42. The van der Waals surface area contributed by atoms with Gasteiger partial charge in [-0.3, -0.25) is 4.55 Å². The van der Waals surface area contributed by atoms with Crippen molar-refractivity contribution in [2.45, 2.75) is 155 Å². The molecule has 0 spiro atoms. The van der Waals surface area contributed by atoms with E-state index >= 15 is 0 Å². The second-order valence-corrected chi connectivity index (χ2v) is 12.8. The van der Waals surface area contributed by atoms with Gasteiger partial charge in [-0.1, -0.05) is 129 Å². The average molecular weight is 521 g/mol. The summed E-state index contributed by atoms with van der Waals surface area (Å²) in [4.78, 5) is 0. The van der Waals surface area contributed by atoms with Crippen LogP contribution in [0.4, 0.5) is 0 Å². The summed E-state index contributed by atoms with van der Waals surface area (Å²) >= 11 is 0. The lowest BCUT2D eigenvalue weighted by atomic mass is 10.0. The first-order valence-corrected chi connectivity index (χ1v) is 16.8. The van der Waals surface area contributed by atoms with Crippen LogP contribution in [0.2, 0.25) is 0 Å². The first-order valence-electron chi connectivity index (χ1n) is 15.2. The van der Waals surface area contributed by atoms with E-state index in [4.69, 9.17) is 4.55 Å². The Morgan fingerprint density at radius 3 is 1.20 bits per heavy atom. The quantitative estimate of drug-likeness (QED) is 0.0655. The van der Waals surface area contributed by atoms with Gasteiger partial charge in [-0.15, -0.1) is 0 Å². The smallest absolute Gasteiger partial charge is 0.267 e. The van der Waals surface area contributed by atoms with Crippen LogP contribution in [-0.4, -0.2) is 61.1 Å². The Morgan fingerprint density at radius 1 is 0.600 bits per heavy atom. The maximum atomic E-state index is 11.0. The molecule has 0 heterocycles. The molecule has 0 aromatic carbocycles. The Bertz CT molecular complexity index is 555. The van der Waals surface area contributed by atoms with Gasteiger partial charge in [0.2, 0.25) is 0 Å². The first kappa shape index (κ1) is 34.8. The molecule has 35 heavy (non-hydrogen) atoms. The molecule has 0 amide bonds. The number of quaternary nitrogens is 1. The van der Waals surface area contributed by atoms with Crippen LogP contribution in [0, 0.1) is 0 Å². The van der Waals surface area contributed by atoms with E-state index in [1.54, 1.807) is 0 Å². The van der Waals surface area contributed by atoms with Crippen molar-refractivity contribution in [1.82, 2.24) is 0 Å². The van der Waals surface area contributed by atoms with Crippen molar-refractivity contribution in [3.8, 4) is 0 Å². The van der Waals surface area contributed by atoms with E-state index in [1.165, 1.54) is 128 Å². The van der Waals surface area contributed by atoms with Gasteiger partial charge in [0.1, 0.15) is 18.4 Å². The van der Waals surface area contributed by atoms with E-state index < -0.39 is 22.0 Å². The molecule has 2 atom stereocenters. The molecule has 0 saturated heterocycles. The summed E-state index contributed by atoms with van der Waals surface area (Å²) in [5.74, 6) is -0.569. The molecule has 5 nitrogen and oxygen atoms in total. The summed E-state index contributed by atoms with van der Waals surface area (Å²) in [5, 5.41) is 9.97. The predicted octanol–water partition coefficient (Wildman–Crippen LogP) is 7.91. The SMILES string of the molecule is CCCCCCCCCCCCCCCCCCCCCCC[N+](C)(CC)CC(O)CS(=O)(=O)O. The summed E-state index contributed by atoms with van der Waals surface area (Å²) in [7, 11) is -2.06. The lowest BCUT2D eigenvalue weighted by Gasteiger charge is -2.35. The molecule has 0 aromatic rings. The Hall–Kier alpha value is -0.170. The summed E-state index contributed by atoms with van der Waals surface area (Å²) in [5.41, 5.74) is 0. The largest absolute Gasteiger partial charge is 0.386 e. The molecule has 0 aliphatic rings. The fourth-order valence-electron chi connectivity index (χ4n) is 5.11. The molecule has 0 radical (unpaired) electrons. The number of aliphatic hydroxyl groups excluding tert-OH is 1. The lowest BCUT2D eigenvalue weighted by molar-refractivity contribution is -0.910. The highest BCUT2D eigenvalue weighted by molar-refractivity contribution is 7.85. The third-order valence-corrected chi connectivity index (χ3v) is 8.43. The number of aliphatic hydroxyl groups is 1. The zero-order valence-corrected chi connectivity index (χ0v) is 24.6. The predicted molar refractivity (Wildman–Crippen MR) is 152 cm³/mol. The fraction of sp³-hybridized carbons (Fsp3) is 1.00. The molecule has 0 aromatic heterocycles. The van der Waals surface area contributed by atoms with Gasteiger partial charge in [0.15, 0.2) is 0 Å². The van der Waals surface area contributed by atoms with Crippen molar-refractivity contribution in [2.24, 2.45) is 0 Å². The van der Waals surface area contributed by atoms with Gasteiger partial charge in [-0.2, -0.15) is 8.42 Å². The van der Waals surface area contributed by atoms with E-state index in [2.05, 4.69) is 20.9 Å². The Labute approximate surface area is 219 Å². The van der Waals surface area contributed by atoms with Crippen LogP contribution in [0.3, 0.4) is 0 Å². The molecule has 2 unspecified atom stereocenters. The highest BCUT2D eigenvalue weighted by atomic mass is 32.2. The number of rotatable bonds is 27. The maximum Gasteiger partial charge on any atom is 0.267 e. The molecule has 0 rings (SSSR count). The molecular formula is C29H62NO4S+. The van der Waals surface area contributed by atoms with Gasteiger partial charge in [0, 0.05) is 0 Å². The van der Waals surface area contributed by atoms with E-state index in [0.717, 1.165) is 19.5 Å². The minimum atomic E-state index is -4.12. The maximum absolute atomic E-state index is 11.0. The van der Waals surface area contributed by atoms with Gasteiger partial charge >= 0.3 is 0 Å². The van der Waals surface area contributed by atoms with E-state index in [9.17, 15) is 13.5 Å². The Kier molecular flexibility index (Phi) is 22.9. The Morgan fingerprint density at radius 2 is 0.914 bits per heavy atom. The number of hydrogen-bond donors (Lipinski definition) is 2. The highest BCUT2D eigenvalue weighted by Gasteiger charge is 2.26. The molecule has 0 aliphatic carbocycles. The lowest BCUT2D eigenvalue weighted by Crippen LogP contribution is -2.50. The molecule has 2 N–H and O–H groups in total. The summed E-state index contributed by atoms with van der Waals surface area (Å²) in [6.07, 6.45) is 27.9. The van der Waals surface area contributed by atoms with Crippen LogP contribution in [0.1, 0.15) is 149 Å². The van der Waals surface area contributed by atoms with Gasteiger partial charge in [0.25, 0.3) is 10.1 Å². The summed E-state index contributed by atoms with van der Waals surface area (Å²) in [6.45, 7) is 6.51. The van der Waals surface area contributed by atoms with Crippen molar-refractivity contribution >= 4 is 10.1 Å². The van der Waals surface area contributed by atoms with Gasteiger partial charge in [-0.05, 0) is 19.8 Å². The second kappa shape index (κ2) is 23.0. The molecule has 0 bridgehead atoms. The molecule has 0 fully saturated rings. The number of unbranched alkanes of at least 4 members (excludes halogenated alkanes) is 20. The third kappa shape index (κ3) is 25.3. The van der Waals surface area contributed by atoms with Crippen molar-refractivity contribution < 1.29 is 22.6 Å². The van der Waals surface area contributed by atoms with E-state index in [-0.39, 0.29) is 0 Å². The third-order valence-electron chi connectivity index (χ3n) is 7.62. The second-order valence-electron chi connectivity index (χ2n) is 11.3. The molecular weight excluding hydrogens is 458 g/mol. The van der Waals surface area contributed by atoms with E-state index in [0.29, 0.717) is 11.0 Å². The fourth-order valence-corrected chi connectivity index (χ4v) is 5.70. The average Bonchev–Trinajstić information content (AvgIpc) is 2.78. The molecule has 0 saturated carbocycles. The van der Waals surface area contributed by atoms with Crippen molar-refractivity contribution in [2.75, 3.05) is 32.4 Å². The van der Waals surface area contributed by atoms with Gasteiger partial charge < -0.3 is 9.59 Å². The van der Waals surface area contributed by atoms with E-state index in [1.807, 2.05) is 0 Å². The first-order chi connectivity index (χ1) is 16.7. The van der Waals surface area contributed by atoms with Crippen LogP contribution in [0.15, 0.2) is 0 Å². The minimum Gasteiger partial charge on any atom is -0.386 e. The normalized spacial score (nSPS) is 14.8. The topological polar surface area (TPSA) is 74.6 Å². The summed E-state index contributed by atoms with van der Waals surface area (Å²) in [6, 6.07) is 0. The zero-order chi connectivity index (χ0) is 26.3. The van der Waals surface area contributed by atoms with Gasteiger partial charge in [0.05, 0.1) is 20.1 Å². The molecule has 212 valence electrons. The summed E-state index contributed by atoms with van der Waals surface area (Å²) < 4.78 is 31.5. The van der Waals surface area contributed by atoms with Crippen LogP contribution in [-0.2, 0) is 10.1 Å². The molecule has 0 aliphatic heterocycles. The highest BCUT2D eigenvalue weighted by Crippen LogP contribution is 2.16. The zero-order valence-electron chi connectivity index (χ0n) is 23.8. The minimum absolute atomic E-state index is 0.371. The van der Waals surface area contributed by atoms with Gasteiger partial charge in [-0.25, -0.2) is 0 Å². The molecule has 6 heteroatoms.